The predicted molar refractivity (Wildman–Crippen MR) is 92.9 cm³/mol. The van der Waals surface area contributed by atoms with Gasteiger partial charge in [-0.05, 0) is 0 Å². The Balaban J connectivity index is 1.34. The topological polar surface area (TPSA) is 83.9 Å². The fourth-order valence-electron chi connectivity index (χ4n) is 3.54. The van der Waals surface area contributed by atoms with Gasteiger partial charge in [0.1, 0.15) is 11.5 Å². The Labute approximate surface area is 149 Å². The minimum Gasteiger partial charge on any atom is -0.506 e. The fourth-order valence-corrected chi connectivity index (χ4v) is 3.54. The molecule has 0 radical (unpaired) electrons. The van der Waals surface area contributed by atoms with Crippen molar-refractivity contribution in [2.45, 2.75) is 0 Å². The average Bonchev–Trinajstić information content (AvgIpc) is 3.28. The van der Waals surface area contributed by atoms with Crippen molar-refractivity contribution in [2.24, 2.45) is 0 Å². The van der Waals surface area contributed by atoms with Gasteiger partial charge in [0.25, 0.3) is 0 Å². The molecule has 0 aliphatic carbocycles. The highest BCUT2D eigenvalue weighted by Crippen LogP contribution is 2.44. The number of nitrogens with zero attached hydrogens (tertiary/aromatic N) is 2. The second-order valence-corrected chi connectivity index (χ2v) is 6.36. The predicted octanol–water partition coefficient (Wildman–Crippen LogP) is 1.88. The molecule has 0 unspecified atom stereocenters. The molecule has 0 saturated carbocycles. The van der Waals surface area contributed by atoms with Crippen molar-refractivity contribution in [1.82, 2.24) is 0 Å². The van der Waals surface area contributed by atoms with Crippen molar-refractivity contribution in [3.8, 4) is 34.5 Å². The van der Waals surface area contributed by atoms with Crippen LogP contribution >= 0.6 is 0 Å². The smallest absolute Gasteiger partial charge is 0.231 e. The SMILES string of the molecule is Oc1cc2c(cc1N1CCN(c3cc4c(cc3O)OCO4)CC1)OCO2. The van der Waals surface area contributed by atoms with Crippen molar-refractivity contribution in [1.29, 1.82) is 0 Å². The normalized spacial score (nSPS) is 17.7. The molecule has 26 heavy (non-hydrogen) atoms. The molecule has 2 N–H and O–H groups in total. The van der Waals surface area contributed by atoms with E-state index in [1.165, 1.54) is 0 Å². The second-order valence-electron chi connectivity index (χ2n) is 6.36. The van der Waals surface area contributed by atoms with Gasteiger partial charge in [-0.1, -0.05) is 0 Å². The van der Waals surface area contributed by atoms with E-state index in [1.54, 1.807) is 12.1 Å². The Morgan fingerprint density at radius 2 is 0.923 bits per heavy atom. The lowest BCUT2D eigenvalue weighted by molar-refractivity contribution is 0.173. The number of hydrogen-bond acceptors (Lipinski definition) is 8. The molecule has 8 heteroatoms. The summed E-state index contributed by atoms with van der Waals surface area (Å²) in [6, 6.07) is 6.80. The van der Waals surface area contributed by atoms with Gasteiger partial charge in [-0.15, -0.1) is 0 Å². The van der Waals surface area contributed by atoms with Crippen LogP contribution in [0, 0.1) is 0 Å². The molecule has 3 aliphatic rings. The van der Waals surface area contributed by atoms with Gasteiger partial charge in [-0.2, -0.15) is 0 Å². The Bertz CT molecular complexity index is 792. The molecular formula is C18H18N2O6. The summed E-state index contributed by atoms with van der Waals surface area (Å²) in [6.45, 7) is 3.13. The molecule has 8 nitrogen and oxygen atoms in total. The summed E-state index contributed by atoms with van der Waals surface area (Å²) in [4.78, 5) is 4.19. The maximum absolute atomic E-state index is 10.3. The molecule has 5 rings (SSSR count). The van der Waals surface area contributed by atoms with Gasteiger partial charge in [-0.25, -0.2) is 0 Å². The molecular weight excluding hydrogens is 340 g/mol. The average molecular weight is 358 g/mol. The molecule has 2 aromatic rings. The van der Waals surface area contributed by atoms with Crippen LogP contribution in [0.3, 0.4) is 0 Å². The highest BCUT2D eigenvalue weighted by molar-refractivity contribution is 5.69. The summed E-state index contributed by atoms with van der Waals surface area (Å²) in [5.74, 6) is 2.77. The molecule has 0 atom stereocenters. The van der Waals surface area contributed by atoms with Crippen LogP contribution in [0.2, 0.25) is 0 Å². The van der Waals surface area contributed by atoms with Gasteiger partial charge in [0.05, 0.1) is 11.4 Å². The van der Waals surface area contributed by atoms with Crippen LogP contribution in [0.25, 0.3) is 0 Å². The minimum atomic E-state index is 0.175. The zero-order valence-corrected chi connectivity index (χ0v) is 14.0. The van der Waals surface area contributed by atoms with E-state index in [9.17, 15) is 10.2 Å². The molecule has 0 aromatic heterocycles. The third-order valence-corrected chi connectivity index (χ3v) is 4.90. The highest BCUT2D eigenvalue weighted by Gasteiger charge is 2.26. The van der Waals surface area contributed by atoms with Gasteiger partial charge in [0.2, 0.25) is 13.6 Å². The minimum absolute atomic E-state index is 0.175. The number of phenols is 2. The Hall–Kier alpha value is -3.16. The van der Waals surface area contributed by atoms with Crippen molar-refractivity contribution >= 4 is 11.4 Å². The Morgan fingerprint density at radius 1 is 0.577 bits per heavy atom. The molecule has 0 amide bonds. The van der Waals surface area contributed by atoms with Crippen LogP contribution < -0.4 is 28.7 Å². The number of fused-ring (bicyclic) bond motifs is 2. The number of benzene rings is 2. The van der Waals surface area contributed by atoms with E-state index >= 15 is 0 Å². The summed E-state index contributed by atoms with van der Waals surface area (Å²) >= 11 is 0. The highest BCUT2D eigenvalue weighted by atomic mass is 16.7. The van der Waals surface area contributed by atoms with Gasteiger partial charge in [0.15, 0.2) is 23.0 Å². The van der Waals surface area contributed by atoms with E-state index in [4.69, 9.17) is 18.9 Å². The maximum Gasteiger partial charge on any atom is 0.231 e. The number of anilines is 2. The lowest BCUT2D eigenvalue weighted by Crippen LogP contribution is -2.46. The lowest BCUT2D eigenvalue weighted by Gasteiger charge is -2.37. The van der Waals surface area contributed by atoms with E-state index in [-0.39, 0.29) is 25.1 Å². The number of phenolic OH excluding ortho intramolecular Hbond substituents is 2. The van der Waals surface area contributed by atoms with Crippen LogP contribution in [-0.4, -0.2) is 50.0 Å². The van der Waals surface area contributed by atoms with Crippen molar-refractivity contribution in [3.05, 3.63) is 24.3 Å². The van der Waals surface area contributed by atoms with E-state index in [1.807, 2.05) is 12.1 Å². The first-order chi connectivity index (χ1) is 12.7. The molecule has 3 heterocycles. The maximum atomic E-state index is 10.3. The molecule has 1 fully saturated rings. The van der Waals surface area contributed by atoms with Crippen LogP contribution in [-0.2, 0) is 0 Å². The van der Waals surface area contributed by atoms with Gasteiger partial charge in [0, 0.05) is 50.4 Å². The molecule has 136 valence electrons. The molecule has 0 spiro atoms. The summed E-state index contributed by atoms with van der Waals surface area (Å²) in [7, 11) is 0. The third kappa shape index (κ3) is 2.37. The van der Waals surface area contributed by atoms with Crippen molar-refractivity contribution in [2.75, 3.05) is 49.6 Å². The monoisotopic (exact) mass is 358 g/mol. The number of piperazine rings is 1. The zero-order valence-electron chi connectivity index (χ0n) is 14.0. The second kappa shape index (κ2) is 5.69. The lowest BCUT2D eigenvalue weighted by atomic mass is 10.1. The molecule has 3 aliphatic heterocycles. The first-order valence-corrected chi connectivity index (χ1v) is 8.44. The van der Waals surface area contributed by atoms with E-state index in [0.29, 0.717) is 49.2 Å². The first-order valence-electron chi connectivity index (χ1n) is 8.44. The van der Waals surface area contributed by atoms with Crippen LogP contribution in [0.5, 0.6) is 34.5 Å². The zero-order chi connectivity index (χ0) is 17.7. The summed E-state index contributed by atoms with van der Waals surface area (Å²) in [5, 5.41) is 20.6. The van der Waals surface area contributed by atoms with Gasteiger partial charge < -0.3 is 39.0 Å². The van der Waals surface area contributed by atoms with Crippen molar-refractivity contribution in [3.63, 3.8) is 0 Å². The summed E-state index contributed by atoms with van der Waals surface area (Å²) in [6.07, 6.45) is 0. The van der Waals surface area contributed by atoms with Gasteiger partial charge in [-0.3, -0.25) is 0 Å². The molecule has 0 bridgehead atoms. The largest absolute Gasteiger partial charge is 0.506 e. The number of hydrogen-bond donors (Lipinski definition) is 2. The standard InChI is InChI=1S/C18H18N2O6/c21-13-7-17-15(23-9-25-17)5-11(13)19-1-2-20(4-3-19)12-6-16-18(8-14(12)22)26-10-24-16/h5-8,21-22H,1-4,9-10H2. The number of ether oxygens (including phenoxy) is 4. The first kappa shape index (κ1) is 15.1. The molecule has 2 aromatic carbocycles. The Morgan fingerprint density at radius 3 is 1.31 bits per heavy atom. The fraction of sp³-hybridized carbons (Fsp3) is 0.333. The summed E-state index contributed by atoms with van der Waals surface area (Å²) in [5.41, 5.74) is 1.45. The van der Waals surface area contributed by atoms with Crippen LogP contribution in [0.1, 0.15) is 0 Å². The quantitative estimate of drug-likeness (QED) is 0.842. The van der Waals surface area contributed by atoms with E-state index in [0.717, 1.165) is 11.4 Å². The van der Waals surface area contributed by atoms with E-state index in [2.05, 4.69) is 9.80 Å². The summed E-state index contributed by atoms with van der Waals surface area (Å²) < 4.78 is 21.4. The van der Waals surface area contributed by atoms with Crippen molar-refractivity contribution < 1.29 is 29.2 Å². The number of aromatic hydroxyl groups is 2. The number of rotatable bonds is 2. The Kier molecular flexibility index (Phi) is 3.31. The van der Waals surface area contributed by atoms with Crippen LogP contribution in [0.4, 0.5) is 11.4 Å². The molecule has 1 saturated heterocycles. The van der Waals surface area contributed by atoms with E-state index < -0.39 is 0 Å². The van der Waals surface area contributed by atoms with Gasteiger partial charge >= 0.3 is 0 Å². The van der Waals surface area contributed by atoms with Crippen LogP contribution in [0.15, 0.2) is 24.3 Å². The third-order valence-electron chi connectivity index (χ3n) is 4.90.